The van der Waals surface area contributed by atoms with Crippen molar-refractivity contribution in [3.05, 3.63) is 35.6 Å². The van der Waals surface area contributed by atoms with Gasteiger partial charge in [-0.05, 0) is 61.9 Å². The summed E-state index contributed by atoms with van der Waals surface area (Å²) in [6.07, 6.45) is 3.14. The van der Waals surface area contributed by atoms with Crippen LogP contribution in [0.3, 0.4) is 0 Å². The Morgan fingerprint density at radius 2 is 1.81 bits per heavy atom. The average Bonchev–Trinajstić information content (AvgIpc) is 2.96. The van der Waals surface area contributed by atoms with Gasteiger partial charge in [0.1, 0.15) is 5.82 Å². The average molecular weight is 291 g/mol. The number of rotatable bonds is 5. The molecule has 21 heavy (non-hydrogen) atoms. The Kier molecular flexibility index (Phi) is 4.36. The first-order chi connectivity index (χ1) is 10.1. The Morgan fingerprint density at radius 3 is 2.43 bits per heavy atom. The molecule has 0 amide bonds. The summed E-state index contributed by atoms with van der Waals surface area (Å²) in [7, 11) is 0. The van der Waals surface area contributed by atoms with E-state index in [1.54, 1.807) is 12.1 Å². The SMILES string of the molecule is O=C(CCCN1C[C@H]2CC(O)C[C@H]2C1)c1ccc(F)cc1. The van der Waals surface area contributed by atoms with Crippen molar-refractivity contribution in [2.45, 2.75) is 31.8 Å². The molecule has 1 heterocycles. The second-order valence-electron chi connectivity index (χ2n) is 6.44. The number of carbonyl (C=O) groups is 1. The minimum atomic E-state index is -0.308. The molecule has 0 radical (unpaired) electrons. The first-order valence-electron chi connectivity index (χ1n) is 7.81. The summed E-state index contributed by atoms with van der Waals surface area (Å²) < 4.78 is 12.8. The summed E-state index contributed by atoms with van der Waals surface area (Å²) in [5, 5.41) is 9.63. The van der Waals surface area contributed by atoms with E-state index in [0.29, 0.717) is 23.8 Å². The molecular weight excluding hydrogens is 269 g/mol. The van der Waals surface area contributed by atoms with E-state index in [0.717, 1.165) is 38.9 Å². The highest BCUT2D eigenvalue weighted by atomic mass is 19.1. The number of hydrogen-bond acceptors (Lipinski definition) is 3. The van der Waals surface area contributed by atoms with Gasteiger partial charge in [-0.15, -0.1) is 0 Å². The van der Waals surface area contributed by atoms with Crippen molar-refractivity contribution in [1.82, 2.24) is 4.90 Å². The van der Waals surface area contributed by atoms with Crippen molar-refractivity contribution >= 4 is 5.78 Å². The van der Waals surface area contributed by atoms with Gasteiger partial charge in [-0.3, -0.25) is 4.79 Å². The Balaban J connectivity index is 1.41. The van der Waals surface area contributed by atoms with Gasteiger partial charge in [0.2, 0.25) is 0 Å². The van der Waals surface area contributed by atoms with E-state index in [-0.39, 0.29) is 17.7 Å². The Hall–Kier alpha value is -1.26. The van der Waals surface area contributed by atoms with Gasteiger partial charge in [0.25, 0.3) is 0 Å². The van der Waals surface area contributed by atoms with Crippen LogP contribution in [0.25, 0.3) is 0 Å². The van der Waals surface area contributed by atoms with Crippen molar-refractivity contribution in [3.8, 4) is 0 Å². The minimum absolute atomic E-state index is 0.0878. The molecule has 3 atom stereocenters. The molecule has 0 aromatic heterocycles. The molecule has 1 N–H and O–H groups in total. The van der Waals surface area contributed by atoms with Gasteiger partial charge in [0.05, 0.1) is 6.10 Å². The molecule has 1 aliphatic heterocycles. The van der Waals surface area contributed by atoms with Crippen molar-refractivity contribution < 1.29 is 14.3 Å². The predicted molar refractivity (Wildman–Crippen MR) is 78.6 cm³/mol. The molecule has 1 saturated heterocycles. The van der Waals surface area contributed by atoms with E-state index in [2.05, 4.69) is 4.90 Å². The third-order valence-electron chi connectivity index (χ3n) is 4.85. The van der Waals surface area contributed by atoms with Crippen LogP contribution in [0.5, 0.6) is 0 Å². The van der Waals surface area contributed by atoms with Crippen molar-refractivity contribution in [2.75, 3.05) is 19.6 Å². The van der Waals surface area contributed by atoms with Crippen LogP contribution in [-0.4, -0.2) is 41.5 Å². The molecule has 3 rings (SSSR count). The van der Waals surface area contributed by atoms with E-state index in [1.165, 1.54) is 12.1 Å². The van der Waals surface area contributed by atoms with Crippen LogP contribution in [-0.2, 0) is 0 Å². The van der Waals surface area contributed by atoms with Crippen LogP contribution in [0.15, 0.2) is 24.3 Å². The number of Topliss-reactive ketones (excluding diaryl/α,β-unsaturated/α-hetero) is 1. The number of aliphatic hydroxyl groups is 1. The normalized spacial score (nSPS) is 28.8. The first-order valence-corrected chi connectivity index (χ1v) is 7.81. The molecule has 1 aromatic carbocycles. The zero-order valence-corrected chi connectivity index (χ0v) is 12.2. The standard InChI is InChI=1S/C17H22FNO2/c18-15-5-3-12(4-6-15)17(21)2-1-7-19-10-13-8-16(20)9-14(13)11-19/h3-6,13-14,16,20H,1-2,7-11H2/t13-,14+,16?. The topological polar surface area (TPSA) is 40.5 Å². The molecule has 2 aliphatic rings. The number of fused-ring (bicyclic) bond motifs is 1. The largest absolute Gasteiger partial charge is 0.393 e. The number of carbonyl (C=O) groups excluding carboxylic acids is 1. The Morgan fingerprint density at radius 1 is 1.19 bits per heavy atom. The third-order valence-corrected chi connectivity index (χ3v) is 4.85. The van der Waals surface area contributed by atoms with Crippen molar-refractivity contribution in [3.63, 3.8) is 0 Å². The molecule has 2 fully saturated rings. The van der Waals surface area contributed by atoms with Crippen LogP contribution in [0, 0.1) is 17.7 Å². The van der Waals surface area contributed by atoms with Gasteiger partial charge < -0.3 is 10.0 Å². The van der Waals surface area contributed by atoms with Crippen LogP contribution >= 0.6 is 0 Å². The second-order valence-corrected chi connectivity index (χ2v) is 6.44. The van der Waals surface area contributed by atoms with Gasteiger partial charge >= 0.3 is 0 Å². The maximum Gasteiger partial charge on any atom is 0.162 e. The monoisotopic (exact) mass is 291 g/mol. The van der Waals surface area contributed by atoms with E-state index in [9.17, 15) is 14.3 Å². The van der Waals surface area contributed by atoms with Crippen molar-refractivity contribution in [1.29, 1.82) is 0 Å². The molecule has 4 heteroatoms. The fraction of sp³-hybridized carbons (Fsp3) is 0.588. The second kappa shape index (κ2) is 6.24. The maximum absolute atomic E-state index is 12.8. The van der Waals surface area contributed by atoms with E-state index < -0.39 is 0 Å². The number of ketones is 1. The molecule has 1 saturated carbocycles. The Labute approximate surface area is 124 Å². The summed E-state index contributed by atoms with van der Waals surface area (Å²) in [4.78, 5) is 14.4. The highest BCUT2D eigenvalue weighted by Crippen LogP contribution is 2.37. The molecule has 1 aliphatic carbocycles. The molecule has 0 spiro atoms. The van der Waals surface area contributed by atoms with E-state index >= 15 is 0 Å². The molecule has 1 unspecified atom stereocenters. The van der Waals surface area contributed by atoms with Crippen LogP contribution in [0.2, 0.25) is 0 Å². The minimum Gasteiger partial charge on any atom is -0.393 e. The number of aliphatic hydroxyl groups excluding tert-OH is 1. The Bertz CT molecular complexity index is 488. The fourth-order valence-corrected chi connectivity index (χ4v) is 3.79. The van der Waals surface area contributed by atoms with Gasteiger partial charge in [0, 0.05) is 25.1 Å². The highest BCUT2D eigenvalue weighted by Gasteiger charge is 2.39. The smallest absolute Gasteiger partial charge is 0.162 e. The summed E-state index contributed by atoms with van der Waals surface area (Å²) in [5.74, 6) is 1.07. The molecule has 114 valence electrons. The predicted octanol–water partition coefficient (Wildman–Crippen LogP) is 2.49. The zero-order valence-electron chi connectivity index (χ0n) is 12.2. The molecule has 3 nitrogen and oxygen atoms in total. The summed E-state index contributed by atoms with van der Waals surface area (Å²) in [5.41, 5.74) is 0.595. The van der Waals surface area contributed by atoms with E-state index in [4.69, 9.17) is 0 Å². The fourth-order valence-electron chi connectivity index (χ4n) is 3.79. The summed E-state index contributed by atoms with van der Waals surface area (Å²) in [6.45, 7) is 3.06. The van der Waals surface area contributed by atoms with Gasteiger partial charge in [0.15, 0.2) is 5.78 Å². The lowest BCUT2D eigenvalue weighted by Crippen LogP contribution is -2.24. The molecule has 0 bridgehead atoms. The van der Waals surface area contributed by atoms with Crippen LogP contribution in [0.4, 0.5) is 4.39 Å². The first kappa shape index (κ1) is 14.7. The van der Waals surface area contributed by atoms with Crippen LogP contribution < -0.4 is 0 Å². The lowest BCUT2D eigenvalue weighted by molar-refractivity contribution is 0.0975. The van der Waals surface area contributed by atoms with Gasteiger partial charge in [-0.2, -0.15) is 0 Å². The van der Waals surface area contributed by atoms with E-state index in [1.807, 2.05) is 0 Å². The van der Waals surface area contributed by atoms with Gasteiger partial charge in [-0.25, -0.2) is 4.39 Å². The summed E-state index contributed by atoms with van der Waals surface area (Å²) >= 11 is 0. The van der Waals surface area contributed by atoms with Gasteiger partial charge in [-0.1, -0.05) is 0 Å². The quantitative estimate of drug-likeness (QED) is 0.847. The highest BCUT2D eigenvalue weighted by molar-refractivity contribution is 5.95. The lowest BCUT2D eigenvalue weighted by Gasteiger charge is -2.17. The number of benzene rings is 1. The summed E-state index contributed by atoms with van der Waals surface area (Å²) in [6, 6.07) is 5.78. The van der Waals surface area contributed by atoms with Crippen LogP contribution in [0.1, 0.15) is 36.0 Å². The number of hydrogen-bond donors (Lipinski definition) is 1. The number of halogens is 1. The molecule has 1 aromatic rings. The maximum atomic E-state index is 12.8. The zero-order chi connectivity index (χ0) is 14.8. The number of likely N-dealkylation sites (tertiary alicyclic amines) is 1. The number of nitrogens with zero attached hydrogens (tertiary/aromatic N) is 1. The molecular formula is C17H22FNO2. The lowest BCUT2D eigenvalue weighted by atomic mass is 10.0. The van der Waals surface area contributed by atoms with Crippen molar-refractivity contribution in [2.24, 2.45) is 11.8 Å². The third kappa shape index (κ3) is 3.50.